The molecule has 0 atom stereocenters. The highest BCUT2D eigenvalue weighted by molar-refractivity contribution is 7.98. The van der Waals surface area contributed by atoms with Gasteiger partial charge in [0.05, 0.1) is 5.56 Å². The fourth-order valence-electron chi connectivity index (χ4n) is 2.18. The maximum atomic E-state index is 12.6. The van der Waals surface area contributed by atoms with Crippen molar-refractivity contribution in [1.29, 1.82) is 0 Å². The summed E-state index contributed by atoms with van der Waals surface area (Å²) in [5, 5.41) is 4.05. The third-order valence-corrected chi connectivity index (χ3v) is 4.63. The molecular weight excluding hydrogens is 391 g/mol. The van der Waals surface area contributed by atoms with Crippen LogP contribution in [-0.4, -0.2) is 15.9 Å². The molecule has 1 amide bonds. The molecule has 0 aliphatic heterocycles. The van der Waals surface area contributed by atoms with Crippen LogP contribution in [0.2, 0.25) is 5.02 Å². The maximum Gasteiger partial charge on any atom is 0.258 e. The minimum Gasteiger partial charge on any atom is -0.384 e. The monoisotopic (exact) mass is 406 g/mol. The van der Waals surface area contributed by atoms with E-state index in [-0.39, 0.29) is 18.3 Å². The third-order valence-electron chi connectivity index (χ3n) is 3.32. The normalized spacial score (nSPS) is 10.0. The van der Waals surface area contributed by atoms with E-state index < -0.39 is 0 Å². The average molecular weight is 407 g/mol. The van der Waals surface area contributed by atoms with Crippen LogP contribution in [0.25, 0.3) is 0 Å². The van der Waals surface area contributed by atoms with Gasteiger partial charge >= 0.3 is 0 Å². The van der Waals surface area contributed by atoms with Gasteiger partial charge in [-0.2, -0.15) is 0 Å². The van der Waals surface area contributed by atoms with Gasteiger partial charge < -0.3 is 11.1 Å². The molecule has 0 fully saturated rings. The Morgan fingerprint density at radius 3 is 2.73 bits per heavy atom. The molecule has 0 bridgehead atoms. The highest BCUT2D eigenvalue weighted by Gasteiger charge is 2.13. The van der Waals surface area contributed by atoms with Gasteiger partial charge in [-0.25, -0.2) is 9.97 Å². The van der Waals surface area contributed by atoms with E-state index >= 15 is 0 Å². The summed E-state index contributed by atoms with van der Waals surface area (Å²) in [4.78, 5) is 20.9. The molecule has 3 aromatic rings. The molecule has 8 heteroatoms. The van der Waals surface area contributed by atoms with Crippen LogP contribution in [0.5, 0.6) is 0 Å². The first-order valence-corrected chi connectivity index (χ1v) is 8.83. The van der Waals surface area contributed by atoms with Gasteiger partial charge in [-0.05, 0) is 48.0 Å². The Kier molecular flexibility index (Phi) is 7.26. The van der Waals surface area contributed by atoms with E-state index in [1.165, 1.54) is 11.8 Å². The van der Waals surface area contributed by atoms with Gasteiger partial charge in [-0.3, -0.25) is 4.79 Å². The summed E-state index contributed by atoms with van der Waals surface area (Å²) < 4.78 is 0. The van der Waals surface area contributed by atoms with Gasteiger partial charge in [-0.15, -0.1) is 24.2 Å². The second kappa shape index (κ2) is 9.43. The molecule has 0 saturated heterocycles. The third kappa shape index (κ3) is 5.36. The second-order valence-corrected chi connectivity index (χ2v) is 6.60. The molecule has 0 unspecified atom stereocenters. The maximum absolute atomic E-state index is 12.6. The zero-order valence-electron chi connectivity index (χ0n) is 13.6. The molecule has 0 aliphatic carbocycles. The Balaban J connectivity index is 0.00000243. The first-order valence-electron chi connectivity index (χ1n) is 7.47. The van der Waals surface area contributed by atoms with Crippen molar-refractivity contribution in [2.45, 2.75) is 10.8 Å². The summed E-state index contributed by atoms with van der Waals surface area (Å²) in [7, 11) is 0. The van der Waals surface area contributed by atoms with E-state index in [2.05, 4.69) is 15.3 Å². The zero-order valence-corrected chi connectivity index (χ0v) is 15.9. The number of halogens is 2. The van der Waals surface area contributed by atoms with Gasteiger partial charge in [0.1, 0.15) is 10.8 Å². The van der Waals surface area contributed by atoms with Crippen molar-refractivity contribution in [2.75, 3.05) is 11.1 Å². The number of nitrogen functional groups attached to an aromatic ring is 1. The van der Waals surface area contributed by atoms with E-state index in [4.69, 9.17) is 17.3 Å². The predicted octanol–water partition coefficient (Wildman–Crippen LogP) is 4.68. The minimum absolute atomic E-state index is 0. The van der Waals surface area contributed by atoms with Crippen molar-refractivity contribution >= 4 is 53.2 Å². The van der Waals surface area contributed by atoms with Gasteiger partial charge in [0.2, 0.25) is 0 Å². The predicted molar refractivity (Wildman–Crippen MR) is 109 cm³/mol. The van der Waals surface area contributed by atoms with Crippen LogP contribution in [0.4, 0.5) is 11.5 Å². The molecule has 0 saturated carbocycles. The number of rotatable bonds is 5. The molecular formula is C18H16Cl2N4OS. The molecule has 0 spiro atoms. The standard InChI is InChI=1S/C18H15ClN4OS.ClH/c19-13-3-1-4-14(10-13)23-17(24)15-5-2-7-22-18(15)25-11-12-6-8-21-16(20)9-12;/h1-10H,11H2,(H2,20,21)(H,23,24);1H. The largest absolute Gasteiger partial charge is 0.384 e. The Bertz CT molecular complexity index is 908. The zero-order chi connectivity index (χ0) is 17.6. The van der Waals surface area contributed by atoms with Crippen LogP contribution in [0.1, 0.15) is 15.9 Å². The second-order valence-electron chi connectivity index (χ2n) is 5.20. The number of benzene rings is 1. The molecule has 3 rings (SSSR count). The molecule has 3 N–H and O–H groups in total. The molecule has 134 valence electrons. The van der Waals surface area contributed by atoms with Crippen LogP contribution in [0.15, 0.2) is 66.0 Å². The smallest absolute Gasteiger partial charge is 0.258 e. The van der Waals surface area contributed by atoms with Crippen molar-refractivity contribution in [2.24, 2.45) is 0 Å². The number of hydrogen-bond acceptors (Lipinski definition) is 5. The SMILES string of the molecule is Cl.Nc1cc(CSc2ncccc2C(=O)Nc2cccc(Cl)c2)ccn1. The summed E-state index contributed by atoms with van der Waals surface area (Å²) in [6.45, 7) is 0. The van der Waals surface area contributed by atoms with E-state index in [0.717, 1.165) is 5.56 Å². The quantitative estimate of drug-likeness (QED) is 0.601. The van der Waals surface area contributed by atoms with E-state index in [1.54, 1.807) is 48.8 Å². The van der Waals surface area contributed by atoms with E-state index in [1.807, 2.05) is 12.1 Å². The lowest BCUT2D eigenvalue weighted by Crippen LogP contribution is -2.13. The lowest BCUT2D eigenvalue weighted by Gasteiger charge is -2.09. The summed E-state index contributed by atoms with van der Waals surface area (Å²) in [6, 6.07) is 14.2. The number of carbonyl (C=O) groups is 1. The fraction of sp³-hybridized carbons (Fsp3) is 0.0556. The lowest BCUT2D eigenvalue weighted by molar-refractivity contribution is 0.102. The summed E-state index contributed by atoms with van der Waals surface area (Å²) in [5.41, 5.74) is 7.86. The molecule has 0 aliphatic rings. The van der Waals surface area contributed by atoms with Crippen LogP contribution in [0.3, 0.4) is 0 Å². The van der Waals surface area contributed by atoms with Crippen LogP contribution in [0, 0.1) is 0 Å². The summed E-state index contributed by atoms with van der Waals surface area (Å²) >= 11 is 7.42. The van der Waals surface area contributed by atoms with Gasteiger partial charge in [-0.1, -0.05) is 17.7 Å². The Morgan fingerprint density at radius 2 is 1.96 bits per heavy atom. The Morgan fingerprint density at radius 1 is 1.12 bits per heavy atom. The van der Waals surface area contributed by atoms with Crippen LogP contribution >= 0.6 is 35.8 Å². The Labute approximate surface area is 166 Å². The first kappa shape index (κ1) is 20.0. The fourth-order valence-corrected chi connectivity index (χ4v) is 3.30. The average Bonchev–Trinajstić information content (AvgIpc) is 2.60. The highest BCUT2D eigenvalue weighted by atomic mass is 35.5. The number of nitrogens with one attached hydrogen (secondary N) is 1. The molecule has 1 aromatic carbocycles. The number of pyridine rings is 2. The van der Waals surface area contributed by atoms with Crippen LogP contribution < -0.4 is 11.1 Å². The van der Waals surface area contributed by atoms with E-state index in [0.29, 0.717) is 32.9 Å². The van der Waals surface area contributed by atoms with Gasteiger partial charge in [0.15, 0.2) is 0 Å². The highest BCUT2D eigenvalue weighted by Crippen LogP contribution is 2.25. The number of anilines is 2. The summed E-state index contributed by atoms with van der Waals surface area (Å²) in [6.07, 6.45) is 3.33. The first-order chi connectivity index (χ1) is 12.1. The van der Waals surface area contributed by atoms with Crippen LogP contribution in [-0.2, 0) is 5.75 Å². The molecule has 5 nitrogen and oxygen atoms in total. The van der Waals surface area contributed by atoms with Crippen molar-refractivity contribution in [1.82, 2.24) is 9.97 Å². The van der Waals surface area contributed by atoms with Crippen molar-refractivity contribution < 1.29 is 4.79 Å². The molecule has 2 aromatic heterocycles. The topological polar surface area (TPSA) is 80.9 Å². The van der Waals surface area contributed by atoms with Crippen molar-refractivity contribution in [3.05, 3.63) is 77.1 Å². The van der Waals surface area contributed by atoms with Gasteiger partial charge in [0, 0.05) is 28.9 Å². The van der Waals surface area contributed by atoms with Crippen molar-refractivity contribution in [3.63, 3.8) is 0 Å². The minimum atomic E-state index is -0.230. The number of nitrogens with zero attached hydrogens (tertiary/aromatic N) is 2. The van der Waals surface area contributed by atoms with E-state index in [9.17, 15) is 4.79 Å². The number of hydrogen-bond donors (Lipinski definition) is 2. The Hall–Kier alpha value is -2.28. The number of nitrogens with two attached hydrogens (primary N) is 1. The van der Waals surface area contributed by atoms with Crippen molar-refractivity contribution in [3.8, 4) is 0 Å². The number of thioether (sulfide) groups is 1. The molecule has 26 heavy (non-hydrogen) atoms. The number of carbonyl (C=O) groups excluding carboxylic acids is 1. The molecule has 0 radical (unpaired) electrons. The molecule has 2 heterocycles. The lowest BCUT2D eigenvalue weighted by atomic mass is 10.2. The summed E-state index contributed by atoms with van der Waals surface area (Å²) in [5.74, 6) is 0.881. The number of aromatic nitrogens is 2. The van der Waals surface area contributed by atoms with Gasteiger partial charge in [0.25, 0.3) is 5.91 Å². The number of amides is 1.